The molecule has 0 aromatic heterocycles. The fraction of sp³-hybridized carbons (Fsp3) is 0.0476. The second kappa shape index (κ2) is 8.45. The van der Waals surface area contributed by atoms with Crippen molar-refractivity contribution in [2.45, 2.75) is 0 Å². The number of carbonyl (C=O) groups is 2. The summed E-state index contributed by atoms with van der Waals surface area (Å²) in [4.78, 5) is 24.3. The smallest absolute Gasteiger partial charge is 0.251 e. The van der Waals surface area contributed by atoms with Crippen LogP contribution in [0.1, 0.15) is 10.4 Å². The third-order valence-electron chi connectivity index (χ3n) is 3.80. The molecule has 0 radical (unpaired) electrons. The van der Waals surface area contributed by atoms with E-state index in [9.17, 15) is 9.59 Å². The Morgan fingerprint density at radius 3 is 2.19 bits per heavy atom. The Kier molecular flexibility index (Phi) is 5.81. The van der Waals surface area contributed by atoms with E-state index in [4.69, 9.17) is 0 Å². The standard InChI is InChI=1S/C21H17BrN2O2/c22-17-12-10-16(11-13-17)21(26)23-14-20(25)24-19-9-5-4-8-18(19)15-6-2-1-3-7-15/h1-13H,14H2,(H,23,26)(H,24,25). The minimum absolute atomic E-state index is 0.0992. The molecular formula is C21H17BrN2O2. The second-order valence-corrected chi connectivity index (χ2v) is 6.57. The van der Waals surface area contributed by atoms with Crippen LogP contribution in [0, 0.1) is 0 Å². The molecule has 0 spiro atoms. The van der Waals surface area contributed by atoms with Crippen LogP contribution in [-0.4, -0.2) is 18.4 Å². The van der Waals surface area contributed by atoms with E-state index in [0.29, 0.717) is 11.3 Å². The third kappa shape index (κ3) is 4.58. The molecule has 0 aliphatic carbocycles. The molecule has 26 heavy (non-hydrogen) atoms. The Morgan fingerprint density at radius 1 is 0.808 bits per heavy atom. The summed E-state index contributed by atoms with van der Waals surface area (Å²) in [5.41, 5.74) is 3.16. The van der Waals surface area contributed by atoms with Gasteiger partial charge in [0.2, 0.25) is 5.91 Å². The van der Waals surface area contributed by atoms with E-state index in [2.05, 4.69) is 26.6 Å². The fourth-order valence-electron chi connectivity index (χ4n) is 2.52. The number of rotatable bonds is 5. The molecule has 2 amide bonds. The van der Waals surface area contributed by atoms with Crippen LogP contribution in [0.25, 0.3) is 11.1 Å². The van der Waals surface area contributed by atoms with Gasteiger partial charge in [-0.2, -0.15) is 0 Å². The van der Waals surface area contributed by atoms with Crippen molar-refractivity contribution < 1.29 is 9.59 Å². The zero-order chi connectivity index (χ0) is 18.4. The molecule has 5 heteroatoms. The molecule has 0 saturated carbocycles. The Bertz CT molecular complexity index is 909. The molecular weight excluding hydrogens is 392 g/mol. The van der Waals surface area contributed by atoms with Gasteiger partial charge >= 0.3 is 0 Å². The molecule has 0 heterocycles. The van der Waals surface area contributed by atoms with Gasteiger partial charge < -0.3 is 10.6 Å². The average molecular weight is 409 g/mol. The van der Waals surface area contributed by atoms with Crippen LogP contribution in [-0.2, 0) is 4.79 Å². The number of para-hydroxylation sites is 1. The topological polar surface area (TPSA) is 58.2 Å². The largest absolute Gasteiger partial charge is 0.343 e. The van der Waals surface area contributed by atoms with Gasteiger partial charge in [-0.15, -0.1) is 0 Å². The second-order valence-electron chi connectivity index (χ2n) is 5.65. The maximum atomic E-state index is 12.3. The molecule has 3 aromatic carbocycles. The highest BCUT2D eigenvalue weighted by molar-refractivity contribution is 9.10. The van der Waals surface area contributed by atoms with E-state index < -0.39 is 0 Å². The molecule has 0 atom stereocenters. The van der Waals surface area contributed by atoms with Crippen LogP contribution in [0.3, 0.4) is 0 Å². The number of nitrogens with one attached hydrogen (secondary N) is 2. The van der Waals surface area contributed by atoms with Crippen molar-refractivity contribution in [3.8, 4) is 11.1 Å². The van der Waals surface area contributed by atoms with Crippen LogP contribution in [0.2, 0.25) is 0 Å². The fourth-order valence-corrected chi connectivity index (χ4v) is 2.78. The Hall–Kier alpha value is -2.92. The molecule has 2 N–H and O–H groups in total. The third-order valence-corrected chi connectivity index (χ3v) is 4.33. The van der Waals surface area contributed by atoms with E-state index in [-0.39, 0.29) is 18.4 Å². The molecule has 0 aliphatic heterocycles. The van der Waals surface area contributed by atoms with Crippen molar-refractivity contribution in [2.24, 2.45) is 0 Å². The van der Waals surface area contributed by atoms with Crippen LogP contribution in [0.4, 0.5) is 5.69 Å². The van der Waals surface area contributed by atoms with Crippen LogP contribution in [0.15, 0.2) is 83.3 Å². The lowest BCUT2D eigenvalue weighted by molar-refractivity contribution is -0.115. The van der Waals surface area contributed by atoms with E-state index >= 15 is 0 Å². The molecule has 0 bridgehead atoms. The Balaban J connectivity index is 1.64. The van der Waals surface area contributed by atoms with Crippen LogP contribution >= 0.6 is 15.9 Å². The predicted octanol–water partition coefficient (Wildman–Crippen LogP) is 4.48. The highest BCUT2D eigenvalue weighted by Crippen LogP contribution is 2.27. The normalized spacial score (nSPS) is 10.2. The summed E-state index contributed by atoms with van der Waals surface area (Å²) >= 11 is 3.32. The Morgan fingerprint density at radius 2 is 1.46 bits per heavy atom. The maximum Gasteiger partial charge on any atom is 0.251 e. The number of halogens is 1. The van der Waals surface area contributed by atoms with Gasteiger partial charge in [0.15, 0.2) is 0 Å². The van der Waals surface area contributed by atoms with Gasteiger partial charge in [-0.3, -0.25) is 9.59 Å². The number of carbonyl (C=O) groups excluding carboxylic acids is 2. The van der Waals surface area contributed by atoms with Crippen molar-refractivity contribution in [1.29, 1.82) is 0 Å². The summed E-state index contributed by atoms with van der Waals surface area (Å²) in [6.45, 7) is -0.0992. The van der Waals surface area contributed by atoms with Gasteiger partial charge in [-0.25, -0.2) is 0 Å². The first kappa shape index (κ1) is 17.9. The molecule has 0 saturated heterocycles. The summed E-state index contributed by atoms with van der Waals surface area (Å²) in [7, 11) is 0. The molecule has 0 fully saturated rings. The number of anilines is 1. The van der Waals surface area contributed by atoms with E-state index in [1.54, 1.807) is 24.3 Å². The van der Waals surface area contributed by atoms with E-state index in [1.165, 1.54) is 0 Å². The first-order chi connectivity index (χ1) is 12.6. The van der Waals surface area contributed by atoms with Crippen molar-refractivity contribution in [3.63, 3.8) is 0 Å². The quantitative estimate of drug-likeness (QED) is 0.653. The number of hydrogen-bond acceptors (Lipinski definition) is 2. The van der Waals surface area contributed by atoms with Gasteiger partial charge in [-0.1, -0.05) is 64.5 Å². The summed E-state index contributed by atoms with van der Waals surface area (Å²) in [5, 5.41) is 5.50. The van der Waals surface area contributed by atoms with Gasteiger partial charge in [-0.05, 0) is 35.9 Å². The lowest BCUT2D eigenvalue weighted by atomic mass is 10.0. The summed E-state index contributed by atoms with van der Waals surface area (Å²) in [5.74, 6) is -0.567. The van der Waals surface area contributed by atoms with Crippen molar-refractivity contribution in [1.82, 2.24) is 5.32 Å². The zero-order valence-corrected chi connectivity index (χ0v) is 15.5. The minimum Gasteiger partial charge on any atom is -0.343 e. The lowest BCUT2D eigenvalue weighted by Crippen LogP contribution is -2.32. The van der Waals surface area contributed by atoms with Crippen LogP contribution < -0.4 is 10.6 Å². The molecule has 3 rings (SSSR count). The number of amides is 2. The SMILES string of the molecule is O=C(CNC(=O)c1ccc(Br)cc1)Nc1ccccc1-c1ccccc1. The maximum absolute atomic E-state index is 12.3. The highest BCUT2D eigenvalue weighted by Gasteiger charge is 2.10. The Labute approximate surface area is 160 Å². The summed E-state index contributed by atoms with van der Waals surface area (Å²) in [6.07, 6.45) is 0. The van der Waals surface area contributed by atoms with Gasteiger partial charge in [0.05, 0.1) is 6.54 Å². The number of benzene rings is 3. The first-order valence-corrected chi connectivity index (χ1v) is 8.91. The summed E-state index contributed by atoms with van der Waals surface area (Å²) in [6, 6.07) is 24.4. The predicted molar refractivity (Wildman–Crippen MR) is 107 cm³/mol. The van der Waals surface area contributed by atoms with Gasteiger partial charge in [0, 0.05) is 21.3 Å². The zero-order valence-electron chi connectivity index (χ0n) is 13.9. The highest BCUT2D eigenvalue weighted by atomic mass is 79.9. The lowest BCUT2D eigenvalue weighted by Gasteiger charge is -2.12. The van der Waals surface area contributed by atoms with Gasteiger partial charge in [0.1, 0.15) is 0 Å². The molecule has 4 nitrogen and oxygen atoms in total. The average Bonchev–Trinajstić information content (AvgIpc) is 2.68. The summed E-state index contributed by atoms with van der Waals surface area (Å²) < 4.78 is 0.893. The minimum atomic E-state index is -0.288. The first-order valence-electron chi connectivity index (χ1n) is 8.11. The monoisotopic (exact) mass is 408 g/mol. The van der Waals surface area contributed by atoms with Gasteiger partial charge in [0.25, 0.3) is 5.91 Å². The van der Waals surface area contributed by atoms with Crippen molar-refractivity contribution in [2.75, 3.05) is 11.9 Å². The van der Waals surface area contributed by atoms with Crippen molar-refractivity contribution >= 4 is 33.4 Å². The number of hydrogen-bond donors (Lipinski definition) is 2. The molecule has 0 unspecified atom stereocenters. The van der Waals surface area contributed by atoms with E-state index in [1.807, 2.05) is 54.6 Å². The molecule has 3 aromatic rings. The molecule has 0 aliphatic rings. The van der Waals surface area contributed by atoms with Crippen LogP contribution in [0.5, 0.6) is 0 Å². The molecule has 130 valence electrons. The van der Waals surface area contributed by atoms with E-state index in [0.717, 1.165) is 15.6 Å². The van der Waals surface area contributed by atoms with Crippen molar-refractivity contribution in [3.05, 3.63) is 88.9 Å².